The number of benzene rings is 4. The van der Waals surface area contributed by atoms with Crippen LogP contribution in [0.25, 0.3) is 79.8 Å². The van der Waals surface area contributed by atoms with E-state index in [0.717, 1.165) is 89.4 Å². The Balaban J connectivity index is 1.33. The number of aryl methyl sites for hydroxylation is 5. The van der Waals surface area contributed by atoms with Gasteiger partial charge in [0.05, 0.1) is 22.8 Å². The van der Waals surface area contributed by atoms with Gasteiger partial charge in [-0.25, -0.2) is 9.97 Å². The van der Waals surface area contributed by atoms with Crippen LogP contribution >= 0.6 is 11.8 Å². The number of nitrogens with zero attached hydrogens (tertiary/aromatic N) is 2. The van der Waals surface area contributed by atoms with Crippen molar-refractivity contribution < 1.29 is 0 Å². The molecule has 4 nitrogen and oxygen atoms in total. The standard InChI is InChI=1S/C52H42N4S/c1-31-7-9-36(10-8-31)11-12-37-13-15-38(16-14-37)50-43-23-21-41(53-43)35(5)42-22-24-47(54-42)52(49-33(3)29-32(2)30-34(49)4)48-28-27-46(56-48)51(45-26-25-44(50)55-45)39-17-19-40(57-6)20-18-39/h7-10,13-30,54-55H,1-6H3. The number of aromatic amines is 2. The van der Waals surface area contributed by atoms with E-state index in [1.54, 1.807) is 11.8 Å². The molecule has 2 N–H and O–H groups in total. The van der Waals surface area contributed by atoms with Gasteiger partial charge in [0.25, 0.3) is 0 Å². The van der Waals surface area contributed by atoms with Crippen LogP contribution in [0.3, 0.4) is 0 Å². The van der Waals surface area contributed by atoms with Crippen LogP contribution in [0, 0.1) is 46.5 Å². The van der Waals surface area contributed by atoms with Gasteiger partial charge in [0, 0.05) is 54.8 Å². The summed E-state index contributed by atoms with van der Waals surface area (Å²) in [6, 6.07) is 38.8. The summed E-state index contributed by atoms with van der Waals surface area (Å²) in [6.45, 7) is 10.8. The Morgan fingerprint density at radius 2 is 0.877 bits per heavy atom. The van der Waals surface area contributed by atoms with E-state index in [0.29, 0.717) is 0 Å². The van der Waals surface area contributed by atoms with Crippen molar-refractivity contribution in [3.8, 4) is 45.2 Å². The Bertz CT molecular complexity index is 2990. The lowest BCUT2D eigenvalue weighted by Crippen LogP contribution is -1.94. The molecule has 0 unspecified atom stereocenters. The predicted octanol–water partition coefficient (Wildman–Crippen LogP) is 13.3. The number of hydrogen-bond donors (Lipinski definition) is 2. The third-order valence-electron chi connectivity index (χ3n) is 10.9. The largest absolute Gasteiger partial charge is 0.355 e. The zero-order valence-corrected chi connectivity index (χ0v) is 33.8. The second-order valence-electron chi connectivity index (χ2n) is 14.9. The van der Waals surface area contributed by atoms with Crippen molar-refractivity contribution in [3.05, 3.63) is 171 Å². The van der Waals surface area contributed by atoms with Gasteiger partial charge in [0.15, 0.2) is 0 Å². The van der Waals surface area contributed by atoms with Gasteiger partial charge in [-0.2, -0.15) is 0 Å². The SMILES string of the molecule is CSc1ccc(-c2c3nc(c(-c4c(C)cc(C)cc4C)c4ccc([nH]4)c(C)c4nc(c(-c5ccc(C#Cc6ccc(C)cc6)cc5)c5ccc2[nH]5)C=C4)C=C3)cc1. The molecule has 8 bridgehead atoms. The van der Waals surface area contributed by atoms with Crippen LogP contribution in [0.2, 0.25) is 0 Å². The zero-order chi connectivity index (χ0) is 39.2. The highest BCUT2D eigenvalue weighted by Crippen LogP contribution is 2.39. The summed E-state index contributed by atoms with van der Waals surface area (Å²) in [6.07, 6.45) is 10.7. The first kappa shape index (κ1) is 36.1. The van der Waals surface area contributed by atoms with E-state index in [9.17, 15) is 0 Å². The van der Waals surface area contributed by atoms with Crippen LogP contribution in [0.5, 0.6) is 0 Å². The summed E-state index contributed by atoms with van der Waals surface area (Å²) in [5, 5.41) is 0. The van der Waals surface area contributed by atoms with E-state index in [2.05, 4.69) is 196 Å². The lowest BCUT2D eigenvalue weighted by atomic mass is 9.92. The van der Waals surface area contributed by atoms with Crippen LogP contribution in [0.1, 0.15) is 61.7 Å². The Labute approximate surface area is 338 Å². The van der Waals surface area contributed by atoms with Crippen molar-refractivity contribution in [2.45, 2.75) is 39.5 Å². The van der Waals surface area contributed by atoms with Gasteiger partial charge in [-0.1, -0.05) is 71.5 Å². The highest BCUT2D eigenvalue weighted by atomic mass is 32.2. The quantitative estimate of drug-likeness (QED) is 0.139. The van der Waals surface area contributed by atoms with E-state index >= 15 is 0 Å². The van der Waals surface area contributed by atoms with E-state index in [-0.39, 0.29) is 0 Å². The summed E-state index contributed by atoms with van der Waals surface area (Å²) in [5.41, 5.74) is 22.1. The maximum Gasteiger partial charge on any atom is 0.0737 e. The van der Waals surface area contributed by atoms with E-state index in [1.807, 2.05) is 0 Å². The minimum Gasteiger partial charge on any atom is -0.355 e. The van der Waals surface area contributed by atoms with Crippen molar-refractivity contribution in [1.82, 2.24) is 19.9 Å². The molecule has 2 aliphatic rings. The molecule has 0 fully saturated rings. The van der Waals surface area contributed by atoms with Crippen molar-refractivity contribution >= 4 is 58.1 Å². The number of nitrogens with one attached hydrogen (secondary N) is 2. The third kappa shape index (κ3) is 6.94. The first-order chi connectivity index (χ1) is 27.7. The van der Waals surface area contributed by atoms with Gasteiger partial charge in [0.2, 0.25) is 0 Å². The van der Waals surface area contributed by atoms with Gasteiger partial charge in [-0.15, -0.1) is 11.8 Å². The minimum absolute atomic E-state index is 0.896. The van der Waals surface area contributed by atoms with Crippen LogP contribution in [-0.2, 0) is 0 Å². The van der Waals surface area contributed by atoms with Crippen molar-refractivity contribution in [1.29, 1.82) is 0 Å². The molecule has 0 amide bonds. The molecule has 0 spiro atoms. The van der Waals surface area contributed by atoms with Crippen LogP contribution in [-0.4, -0.2) is 26.2 Å². The topological polar surface area (TPSA) is 57.4 Å². The van der Waals surface area contributed by atoms with E-state index in [1.165, 1.54) is 32.7 Å². The predicted molar refractivity (Wildman–Crippen MR) is 243 cm³/mol. The second kappa shape index (κ2) is 14.8. The highest BCUT2D eigenvalue weighted by Gasteiger charge is 2.19. The molecule has 0 aliphatic carbocycles. The zero-order valence-electron chi connectivity index (χ0n) is 33.0. The van der Waals surface area contributed by atoms with Gasteiger partial charge < -0.3 is 9.97 Å². The monoisotopic (exact) mass is 754 g/mol. The fraction of sp³-hybridized carbons (Fsp3) is 0.115. The van der Waals surface area contributed by atoms with Crippen LogP contribution < -0.4 is 0 Å². The average molecular weight is 755 g/mol. The maximum absolute atomic E-state index is 5.47. The second-order valence-corrected chi connectivity index (χ2v) is 15.8. The smallest absolute Gasteiger partial charge is 0.0737 e. The Morgan fingerprint density at radius 3 is 1.44 bits per heavy atom. The van der Waals surface area contributed by atoms with Gasteiger partial charge in [0.1, 0.15) is 0 Å². The number of H-pyrrole nitrogens is 2. The molecule has 7 aromatic rings. The summed E-state index contributed by atoms with van der Waals surface area (Å²) in [5.74, 6) is 6.67. The Hall–Kier alpha value is -6.61. The number of aromatic nitrogens is 4. The fourth-order valence-corrected chi connectivity index (χ4v) is 8.46. The van der Waals surface area contributed by atoms with Gasteiger partial charge >= 0.3 is 0 Å². The van der Waals surface area contributed by atoms with Crippen molar-refractivity contribution in [2.75, 3.05) is 6.26 Å². The molecule has 9 rings (SSSR count). The lowest BCUT2D eigenvalue weighted by molar-refractivity contribution is 1.27. The van der Waals surface area contributed by atoms with Crippen LogP contribution in [0.4, 0.5) is 0 Å². The summed E-state index contributed by atoms with van der Waals surface area (Å²) in [7, 11) is 0. The molecule has 0 radical (unpaired) electrons. The molecule has 5 heterocycles. The normalized spacial score (nSPS) is 11.8. The van der Waals surface area contributed by atoms with E-state index in [4.69, 9.17) is 9.97 Å². The third-order valence-corrected chi connectivity index (χ3v) is 11.6. The van der Waals surface area contributed by atoms with Crippen molar-refractivity contribution in [2.24, 2.45) is 0 Å². The number of hydrogen-bond acceptors (Lipinski definition) is 3. The molecule has 4 aromatic carbocycles. The first-order valence-electron chi connectivity index (χ1n) is 19.3. The highest BCUT2D eigenvalue weighted by molar-refractivity contribution is 7.98. The molecular formula is C52H42N4S. The van der Waals surface area contributed by atoms with Gasteiger partial charge in [-0.3, -0.25) is 0 Å². The summed E-state index contributed by atoms with van der Waals surface area (Å²) >= 11 is 1.74. The fourth-order valence-electron chi connectivity index (χ4n) is 8.05. The molecule has 3 aromatic heterocycles. The molecule has 0 atom stereocenters. The van der Waals surface area contributed by atoms with Crippen LogP contribution in [0.15, 0.2) is 114 Å². The van der Waals surface area contributed by atoms with Crippen molar-refractivity contribution in [3.63, 3.8) is 0 Å². The molecule has 57 heavy (non-hydrogen) atoms. The maximum atomic E-state index is 5.47. The van der Waals surface area contributed by atoms with Gasteiger partial charge in [-0.05, 0) is 159 Å². The first-order valence-corrected chi connectivity index (χ1v) is 20.5. The average Bonchev–Trinajstić information content (AvgIpc) is 4.06. The Kier molecular flexibility index (Phi) is 9.36. The summed E-state index contributed by atoms with van der Waals surface area (Å²) < 4.78 is 0. The Morgan fingerprint density at radius 1 is 0.439 bits per heavy atom. The molecule has 2 aliphatic heterocycles. The van der Waals surface area contributed by atoms with E-state index < -0.39 is 0 Å². The molecule has 0 saturated carbocycles. The number of rotatable bonds is 4. The lowest BCUT2D eigenvalue weighted by Gasteiger charge is -2.13. The number of fused-ring (bicyclic) bond motifs is 8. The minimum atomic E-state index is 0.896. The number of thioether (sulfide) groups is 1. The molecule has 0 saturated heterocycles. The summed E-state index contributed by atoms with van der Waals surface area (Å²) in [4.78, 5) is 19.7. The molecule has 5 heteroatoms. The molecular weight excluding hydrogens is 713 g/mol. The molecule has 276 valence electrons.